The Morgan fingerprint density at radius 1 is 1.32 bits per heavy atom. The Balaban J connectivity index is 2.22. The molecule has 1 heterocycles. The van der Waals surface area contributed by atoms with E-state index in [1.165, 1.54) is 0 Å². The molecule has 1 aromatic heterocycles. The summed E-state index contributed by atoms with van der Waals surface area (Å²) in [5.74, 6) is -1.22. The summed E-state index contributed by atoms with van der Waals surface area (Å²) < 4.78 is 0. The highest BCUT2D eigenvalue weighted by Crippen LogP contribution is 2.12. The summed E-state index contributed by atoms with van der Waals surface area (Å²) in [6.07, 6.45) is -0.123. The van der Waals surface area contributed by atoms with Crippen molar-refractivity contribution in [1.82, 2.24) is 20.2 Å². The molecule has 2 rings (SSSR count). The maximum absolute atomic E-state index is 12.2. The molecule has 8 heteroatoms. The van der Waals surface area contributed by atoms with Gasteiger partial charge in [0.25, 0.3) is 0 Å². The molecule has 0 saturated heterocycles. The predicted octanol–water partition coefficient (Wildman–Crippen LogP) is 2.19. The van der Waals surface area contributed by atoms with E-state index in [0.717, 1.165) is 6.42 Å². The fraction of sp³-hybridized carbons (Fsp3) is 0.286. The van der Waals surface area contributed by atoms with Crippen molar-refractivity contribution >= 4 is 29.1 Å². The lowest BCUT2D eigenvalue weighted by Gasteiger charge is -2.14. The van der Waals surface area contributed by atoms with Crippen LogP contribution in [0.15, 0.2) is 24.3 Å². The molecule has 0 radical (unpaired) electrons. The number of amides is 4. The number of carbonyl (C=O) groups is 3. The minimum Gasteiger partial charge on any atom is -0.464 e. The number of hydrogen-bond acceptors (Lipinski definition) is 4. The topological polar surface area (TPSA) is 115 Å². The van der Waals surface area contributed by atoms with Crippen molar-refractivity contribution < 1.29 is 19.5 Å². The zero-order valence-corrected chi connectivity index (χ0v) is 12.0. The number of aromatic amines is 1. The third-order valence-corrected chi connectivity index (χ3v) is 3.00. The Bertz CT molecular complexity index is 677. The zero-order valence-electron chi connectivity index (χ0n) is 12.0. The van der Waals surface area contributed by atoms with E-state index in [2.05, 4.69) is 15.3 Å². The molecule has 8 nitrogen and oxygen atoms in total. The van der Waals surface area contributed by atoms with Crippen molar-refractivity contribution in [1.29, 1.82) is 0 Å². The maximum atomic E-state index is 12.2. The van der Waals surface area contributed by atoms with Crippen LogP contribution in [0.1, 0.15) is 30.4 Å². The molecule has 0 unspecified atom stereocenters. The number of carboxylic acid groups (broad SMARTS) is 1. The monoisotopic (exact) mass is 304 g/mol. The number of hydrogen-bond donors (Lipinski definition) is 3. The van der Waals surface area contributed by atoms with E-state index in [4.69, 9.17) is 5.11 Å². The van der Waals surface area contributed by atoms with Crippen molar-refractivity contribution in [2.75, 3.05) is 6.54 Å². The molecule has 116 valence electrons. The first-order valence-electron chi connectivity index (χ1n) is 6.84. The minimum atomic E-state index is -1.65. The lowest BCUT2D eigenvalue weighted by atomic mass is 10.3. The summed E-state index contributed by atoms with van der Waals surface area (Å²) in [5, 5.41) is 11.5. The van der Waals surface area contributed by atoms with Crippen molar-refractivity contribution in [3.8, 4) is 0 Å². The first-order chi connectivity index (χ1) is 10.5. The minimum absolute atomic E-state index is 0.118. The Hall–Kier alpha value is -2.90. The Kier molecular flexibility index (Phi) is 4.72. The fourth-order valence-corrected chi connectivity index (χ4v) is 1.88. The van der Waals surface area contributed by atoms with Gasteiger partial charge in [0.2, 0.25) is 0 Å². The molecule has 0 fully saturated rings. The van der Waals surface area contributed by atoms with Crippen LogP contribution in [-0.4, -0.2) is 44.6 Å². The molecule has 0 aliphatic rings. The molecular weight excluding hydrogens is 288 g/mol. The van der Waals surface area contributed by atoms with E-state index in [0.29, 0.717) is 24.0 Å². The largest absolute Gasteiger partial charge is 0.464 e. The van der Waals surface area contributed by atoms with Crippen LogP contribution in [0, 0.1) is 0 Å². The van der Waals surface area contributed by atoms with Crippen LogP contribution < -0.4 is 5.32 Å². The molecular formula is C14H16N4O4. The van der Waals surface area contributed by atoms with Gasteiger partial charge in [-0.3, -0.25) is 4.79 Å². The molecule has 4 amide bonds. The van der Waals surface area contributed by atoms with Gasteiger partial charge in [-0.2, -0.15) is 4.90 Å². The number of nitrogens with zero attached hydrogens (tertiary/aromatic N) is 2. The summed E-state index contributed by atoms with van der Waals surface area (Å²) in [7, 11) is 0. The average Bonchev–Trinajstić information content (AvgIpc) is 2.91. The van der Waals surface area contributed by atoms with Gasteiger partial charge >= 0.3 is 18.0 Å². The number of unbranched alkanes of at least 4 members (excludes halogenated alkanes) is 1. The van der Waals surface area contributed by atoms with E-state index >= 15 is 0 Å². The number of imide groups is 3. The number of imidazole rings is 1. The first-order valence-corrected chi connectivity index (χ1v) is 6.84. The Labute approximate surface area is 126 Å². The van der Waals surface area contributed by atoms with Crippen LogP contribution in [0.4, 0.5) is 9.59 Å². The molecule has 1 aromatic carbocycles. The zero-order chi connectivity index (χ0) is 16.1. The van der Waals surface area contributed by atoms with E-state index in [-0.39, 0.29) is 10.7 Å². The summed E-state index contributed by atoms with van der Waals surface area (Å²) in [5.41, 5.74) is 1.10. The van der Waals surface area contributed by atoms with Crippen molar-refractivity contribution in [2.24, 2.45) is 0 Å². The molecule has 0 spiro atoms. The van der Waals surface area contributed by atoms with Crippen LogP contribution in [-0.2, 0) is 0 Å². The molecule has 0 saturated carbocycles. The van der Waals surface area contributed by atoms with Gasteiger partial charge in [-0.1, -0.05) is 25.5 Å². The number of para-hydroxylation sites is 2. The van der Waals surface area contributed by atoms with E-state index in [9.17, 15) is 14.4 Å². The van der Waals surface area contributed by atoms with Gasteiger partial charge in [-0.25, -0.2) is 14.6 Å². The van der Waals surface area contributed by atoms with Crippen molar-refractivity contribution in [3.05, 3.63) is 30.1 Å². The van der Waals surface area contributed by atoms with Gasteiger partial charge in [-0.05, 0) is 18.6 Å². The summed E-state index contributed by atoms with van der Waals surface area (Å²) >= 11 is 0. The van der Waals surface area contributed by atoms with Crippen molar-refractivity contribution in [3.63, 3.8) is 0 Å². The Morgan fingerprint density at radius 2 is 2.05 bits per heavy atom. The van der Waals surface area contributed by atoms with E-state index in [1.807, 2.05) is 6.92 Å². The number of carbonyl (C=O) groups excluding carboxylic acids is 2. The first kappa shape index (κ1) is 15.5. The van der Waals surface area contributed by atoms with Gasteiger partial charge in [0.1, 0.15) is 0 Å². The highest BCUT2D eigenvalue weighted by molar-refractivity contribution is 6.13. The maximum Gasteiger partial charge on any atom is 0.422 e. The predicted molar refractivity (Wildman–Crippen MR) is 78.6 cm³/mol. The van der Waals surface area contributed by atoms with E-state index in [1.54, 1.807) is 24.3 Å². The van der Waals surface area contributed by atoms with Gasteiger partial charge in [0.15, 0.2) is 5.82 Å². The number of nitrogens with one attached hydrogen (secondary N) is 2. The number of aromatic nitrogens is 2. The quantitative estimate of drug-likeness (QED) is 0.749. The van der Waals surface area contributed by atoms with Crippen LogP contribution in [0.5, 0.6) is 0 Å². The smallest absolute Gasteiger partial charge is 0.422 e. The highest BCUT2D eigenvalue weighted by atomic mass is 16.4. The number of rotatable bonds is 4. The van der Waals surface area contributed by atoms with Crippen LogP contribution in [0.25, 0.3) is 11.0 Å². The SMILES string of the molecule is CCCCNC(=O)N(C(=O)O)C(=O)c1nc2ccccc2[nH]1. The molecule has 2 aromatic rings. The lowest BCUT2D eigenvalue weighted by molar-refractivity contribution is 0.0779. The lowest BCUT2D eigenvalue weighted by Crippen LogP contribution is -2.47. The number of benzene rings is 1. The van der Waals surface area contributed by atoms with E-state index < -0.39 is 18.0 Å². The number of H-pyrrole nitrogens is 1. The average molecular weight is 304 g/mol. The summed E-state index contributed by atoms with van der Waals surface area (Å²) in [6.45, 7) is 2.23. The molecule has 0 bridgehead atoms. The van der Waals surface area contributed by atoms with Gasteiger partial charge in [0.05, 0.1) is 11.0 Å². The number of urea groups is 1. The second kappa shape index (κ2) is 6.70. The van der Waals surface area contributed by atoms with Gasteiger partial charge in [-0.15, -0.1) is 0 Å². The highest BCUT2D eigenvalue weighted by Gasteiger charge is 2.31. The normalized spacial score (nSPS) is 10.4. The molecule has 0 aliphatic heterocycles. The fourth-order valence-electron chi connectivity index (χ4n) is 1.88. The van der Waals surface area contributed by atoms with Crippen LogP contribution in [0.3, 0.4) is 0 Å². The molecule has 0 aliphatic carbocycles. The van der Waals surface area contributed by atoms with Crippen LogP contribution >= 0.6 is 0 Å². The second-order valence-electron chi connectivity index (χ2n) is 4.61. The summed E-state index contributed by atoms with van der Waals surface area (Å²) in [6, 6.07) is 5.89. The number of fused-ring (bicyclic) bond motifs is 1. The Morgan fingerprint density at radius 3 is 2.68 bits per heavy atom. The molecule has 3 N–H and O–H groups in total. The van der Waals surface area contributed by atoms with Crippen molar-refractivity contribution in [2.45, 2.75) is 19.8 Å². The third-order valence-electron chi connectivity index (χ3n) is 3.00. The van der Waals surface area contributed by atoms with Crippen LogP contribution in [0.2, 0.25) is 0 Å². The molecule has 0 atom stereocenters. The second-order valence-corrected chi connectivity index (χ2v) is 4.61. The molecule has 22 heavy (non-hydrogen) atoms. The van der Waals surface area contributed by atoms with Gasteiger partial charge < -0.3 is 15.4 Å². The van der Waals surface area contributed by atoms with Gasteiger partial charge in [0, 0.05) is 6.54 Å². The standard InChI is InChI=1S/C14H16N4O4/c1-2-3-8-15-13(20)18(14(21)22)12(19)11-16-9-6-4-5-7-10(9)17-11/h4-7H,2-3,8H2,1H3,(H,15,20)(H,16,17)(H,21,22). The third kappa shape index (κ3) is 3.22. The summed E-state index contributed by atoms with van der Waals surface area (Å²) in [4.78, 5) is 42.1.